The number of furan rings is 1. The third-order valence-electron chi connectivity index (χ3n) is 4.08. The summed E-state index contributed by atoms with van der Waals surface area (Å²) in [6.45, 7) is 2.46. The first-order valence-electron chi connectivity index (χ1n) is 9.03. The van der Waals surface area contributed by atoms with Crippen molar-refractivity contribution in [1.82, 2.24) is 0 Å². The van der Waals surface area contributed by atoms with Gasteiger partial charge in [-0.2, -0.15) is 5.26 Å². The lowest BCUT2D eigenvalue weighted by Gasteiger charge is -2.06. The van der Waals surface area contributed by atoms with Crippen LogP contribution in [0.15, 0.2) is 70.7 Å². The van der Waals surface area contributed by atoms with E-state index in [2.05, 4.69) is 5.32 Å². The molecule has 2 aromatic carbocycles. The number of rotatable bonds is 7. The van der Waals surface area contributed by atoms with E-state index in [-0.39, 0.29) is 5.57 Å². The Morgan fingerprint density at radius 3 is 2.38 bits per heavy atom. The maximum Gasteiger partial charge on any atom is 0.266 e. The highest BCUT2D eigenvalue weighted by molar-refractivity contribution is 6.09. The number of ether oxygens (including phenoxy) is 2. The predicted octanol–water partition coefficient (Wildman–Crippen LogP) is 4.90. The molecule has 1 amide bonds. The highest BCUT2D eigenvalue weighted by Crippen LogP contribution is 2.25. The number of hydrogen-bond donors (Lipinski definition) is 1. The quantitative estimate of drug-likeness (QED) is 0.460. The standard InChI is InChI=1S/C23H20N2O4/c1-3-28-20-10-6-18(7-11-20)25-23(26)17(15-24)14-21-12-13-22(29-21)16-4-8-19(27-2)9-5-16/h4-14H,3H2,1-2H3,(H,25,26). The van der Waals surface area contributed by atoms with Gasteiger partial charge in [-0.25, -0.2) is 0 Å². The van der Waals surface area contributed by atoms with Crippen molar-refractivity contribution in [1.29, 1.82) is 5.26 Å². The van der Waals surface area contributed by atoms with E-state index in [0.717, 1.165) is 11.3 Å². The first-order valence-corrected chi connectivity index (χ1v) is 9.03. The summed E-state index contributed by atoms with van der Waals surface area (Å²) in [7, 11) is 1.60. The van der Waals surface area contributed by atoms with Crippen molar-refractivity contribution in [2.45, 2.75) is 6.92 Å². The topological polar surface area (TPSA) is 84.5 Å². The molecule has 0 saturated heterocycles. The molecule has 3 rings (SSSR count). The van der Waals surface area contributed by atoms with Crippen LogP contribution in [0.2, 0.25) is 0 Å². The summed E-state index contributed by atoms with van der Waals surface area (Å²) in [4.78, 5) is 12.4. The van der Waals surface area contributed by atoms with Gasteiger partial charge in [-0.1, -0.05) is 0 Å². The second kappa shape index (κ2) is 9.29. The molecule has 1 aromatic heterocycles. The first-order chi connectivity index (χ1) is 14.1. The Balaban J connectivity index is 1.72. The van der Waals surface area contributed by atoms with Crippen LogP contribution >= 0.6 is 0 Å². The maximum atomic E-state index is 12.4. The highest BCUT2D eigenvalue weighted by Gasteiger charge is 2.12. The minimum Gasteiger partial charge on any atom is -0.497 e. The number of carbonyl (C=O) groups is 1. The summed E-state index contributed by atoms with van der Waals surface area (Å²) in [5.41, 5.74) is 1.37. The van der Waals surface area contributed by atoms with Crippen molar-refractivity contribution < 1.29 is 18.7 Å². The summed E-state index contributed by atoms with van der Waals surface area (Å²) in [6.07, 6.45) is 1.41. The molecule has 0 aliphatic carbocycles. The monoisotopic (exact) mass is 388 g/mol. The normalized spacial score (nSPS) is 10.9. The van der Waals surface area contributed by atoms with Crippen LogP contribution in [0.1, 0.15) is 12.7 Å². The molecule has 29 heavy (non-hydrogen) atoms. The van der Waals surface area contributed by atoms with E-state index in [1.807, 2.05) is 37.3 Å². The number of nitriles is 1. The average Bonchev–Trinajstić information content (AvgIpc) is 3.22. The lowest BCUT2D eigenvalue weighted by molar-refractivity contribution is -0.112. The van der Waals surface area contributed by atoms with E-state index in [1.165, 1.54) is 6.08 Å². The number of nitrogens with one attached hydrogen (secondary N) is 1. The van der Waals surface area contributed by atoms with Gasteiger partial charge in [-0.3, -0.25) is 4.79 Å². The van der Waals surface area contributed by atoms with Gasteiger partial charge < -0.3 is 19.2 Å². The fraction of sp³-hybridized carbons (Fsp3) is 0.130. The molecule has 0 bridgehead atoms. The van der Waals surface area contributed by atoms with Gasteiger partial charge in [-0.15, -0.1) is 0 Å². The van der Waals surface area contributed by atoms with Crippen LogP contribution in [0.5, 0.6) is 11.5 Å². The first kappa shape index (κ1) is 19.8. The van der Waals surface area contributed by atoms with Gasteiger partial charge in [0.2, 0.25) is 0 Å². The zero-order valence-corrected chi connectivity index (χ0v) is 16.1. The van der Waals surface area contributed by atoms with Gasteiger partial charge in [0.05, 0.1) is 13.7 Å². The molecule has 6 heteroatoms. The van der Waals surface area contributed by atoms with Gasteiger partial charge >= 0.3 is 0 Å². The molecule has 0 radical (unpaired) electrons. The van der Waals surface area contributed by atoms with Gasteiger partial charge in [0.25, 0.3) is 5.91 Å². The number of methoxy groups -OCH3 is 1. The second-order valence-electron chi connectivity index (χ2n) is 6.01. The van der Waals surface area contributed by atoms with Crippen LogP contribution in [0, 0.1) is 11.3 Å². The molecule has 0 atom stereocenters. The fourth-order valence-corrected chi connectivity index (χ4v) is 2.63. The van der Waals surface area contributed by atoms with Crippen molar-refractivity contribution >= 4 is 17.7 Å². The molecule has 0 aliphatic heterocycles. The van der Waals surface area contributed by atoms with Crippen LogP contribution in [0.4, 0.5) is 5.69 Å². The number of benzene rings is 2. The van der Waals surface area contributed by atoms with Crippen LogP contribution in [0.3, 0.4) is 0 Å². The van der Waals surface area contributed by atoms with E-state index in [1.54, 1.807) is 43.5 Å². The van der Waals surface area contributed by atoms with Crippen molar-refractivity contribution in [3.63, 3.8) is 0 Å². The summed E-state index contributed by atoms with van der Waals surface area (Å²) < 4.78 is 16.3. The molecule has 0 spiro atoms. The van der Waals surface area contributed by atoms with E-state index in [9.17, 15) is 10.1 Å². The molecule has 0 saturated carbocycles. The Morgan fingerprint density at radius 2 is 1.76 bits per heavy atom. The largest absolute Gasteiger partial charge is 0.497 e. The average molecular weight is 388 g/mol. The summed E-state index contributed by atoms with van der Waals surface area (Å²) in [6, 6.07) is 19.7. The Morgan fingerprint density at radius 1 is 1.07 bits per heavy atom. The van der Waals surface area contributed by atoms with Gasteiger partial charge in [-0.05, 0) is 67.6 Å². The molecule has 146 valence electrons. The summed E-state index contributed by atoms with van der Waals surface area (Å²) in [5.74, 6) is 1.98. The van der Waals surface area contributed by atoms with Gasteiger partial charge in [0.15, 0.2) is 0 Å². The van der Waals surface area contributed by atoms with E-state index >= 15 is 0 Å². The molecule has 0 fully saturated rings. The smallest absolute Gasteiger partial charge is 0.266 e. The molecular weight excluding hydrogens is 368 g/mol. The van der Waals surface area contributed by atoms with Crippen LogP contribution < -0.4 is 14.8 Å². The molecule has 3 aromatic rings. The zero-order chi connectivity index (χ0) is 20.6. The third-order valence-corrected chi connectivity index (χ3v) is 4.08. The van der Waals surface area contributed by atoms with Crippen LogP contribution in [-0.4, -0.2) is 19.6 Å². The molecule has 1 heterocycles. The van der Waals surface area contributed by atoms with Crippen molar-refractivity contribution in [3.05, 3.63) is 72.0 Å². The number of nitrogens with zero attached hydrogens (tertiary/aromatic N) is 1. The predicted molar refractivity (Wildman–Crippen MR) is 111 cm³/mol. The summed E-state index contributed by atoms with van der Waals surface area (Å²) >= 11 is 0. The maximum absolute atomic E-state index is 12.4. The second-order valence-corrected chi connectivity index (χ2v) is 6.01. The fourth-order valence-electron chi connectivity index (χ4n) is 2.63. The molecule has 0 aliphatic rings. The van der Waals surface area contributed by atoms with Crippen molar-refractivity contribution in [3.8, 4) is 28.9 Å². The Kier molecular flexibility index (Phi) is 6.33. The third kappa shape index (κ3) is 5.05. The number of carbonyl (C=O) groups excluding carboxylic acids is 1. The molecule has 6 nitrogen and oxygen atoms in total. The number of hydrogen-bond acceptors (Lipinski definition) is 5. The van der Waals surface area contributed by atoms with Crippen LogP contribution in [-0.2, 0) is 4.79 Å². The van der Waals surface area contributed by atoms with Crippen LogP contribution in [0.25, 0.3) is 17.4 Å². The zero-order valence-electron chi connectivity index (χ0n) is 16.1. The minimum absolute atomic E-state index is 0.0606. The summed E-state index contributed by atoms with van der Waals surface area (Å²) in [5, 5.41) is 12.1. The van der Waals surface area contributed by atoms with E-state index < -0.39 is 5.91 Å². The molecule has 1 N–H and O–H groups in total. The van der Waals surface area contributed by atoms with E-state index in [4.69, 9.17) is 13.9 Å². The number of anilines is 1. The highest BCUT2D eigenvalue weighted by atomic mass is 16.5. The SMILES string of the molecule is CCOc1ccc(NC(=O)C(C#N)=Cc2ccc(-c3ccc(OC)cc3)o2)cc1. The Labute approximate surface area is 169 Å². The van der Waals surface area contributed by atoms with E-state index in [0.29, 0.717) is 29.6 Å². The lowest BCUT2D eigenvalue weighted by Crippen LogP contribution is -2.13. The minimum atomic E-state index is -0.515. The van der Waals surface area contributed by atoms with Gasteiger partial charge in [0.1, 0.15) is 34.7 Å². The Hall–Kier alpha value is -3.98. The Bertz CT molecular complexity index is 1040. The van der Waals surface area contributed by atoms with Crippen molar-refractivity contribution in [2.24, 2.45) is 0 Å². The molecular formula is C23H20N2O4. The van der Waals surface area contributed by atoms with Gasteiger partial charge in [0, 0.05) is 17.3 Å². The van der Waals surface area contributed by atoms with Crippen molar-refractivity contribution in [2.75, 3.05) is 19.0 Å². The molecule has 0 unspecified atom stereocenters. The lowest BCUT2D eigenvalue weighted by atomic mass is 10.2. The number of amides is 1.